The summed E-state index contributed by atoms with van der Waals surface area (Å²) >= 11 is 0. The van der Waals surface area contributed by atoms with Crippen LogP contribution in [0.1, 0.15) is 41.5 Å². The van der Waals surface area contributed by atoms with E-state index in [2.05, 4.69) is 34.3 Å². The Kier molecular flexibility index (Phi) is 5.24. The standard InChI is InChI=1S/C11H22OSi3/c1-8-13-10(4,5)15-11(6,7)14-9(2,3)12/h8,12H,1H2,2-7H3. The third kappa shape index (κ3) is 8.19. The molecule has 0 aromatic rings. The Morgan fingerprint density at radius 1 is 0.933 bits per heavy atom. The lowest BCUT2D eigenvalue weighted by atomic mass is 10.5. The normalized spacial score (nSPS) is 14.1. The molecule has 15 heavy (non-hydrogen) atoms. The van der Waals surface area contributed by atoms with Gasteiger partial charge in [0.15, 0.2) is 0 Å². The Hall–Kier alpha value is 0.351. The van der Waals surface area contributed by atoms with Crippen molar-refractivity contribution in [2.24, 2.45) is 0 Å². The van der Waals surface area contributed by atoms with E-state index in [0.717, 1.165) is 19.0 Å². The van der Waals surface area contributed by atoms with Crippen LogP contribution < -0.4 is 0 Å². The number of rotatable bonds is 6. The lowest BCUT2D eigenvalue weighted by Gasteiger charge is -2.36. The van der Waals surface area contributed by atoms with Crippen molar-refractivity contribution < 1.29 is 5.11 Å². The molecular formula is C11H22OSi3. The first-order valence-electron chi connectivity index (χ1n) is 5.17. The fourth-order valence-electron chi connectivity index (χ4n) is 1.87. The molecule has 0 atom stereocenters. The van der Waals surface area contributed by atoms with Gasteiger partial charge in [-0.25, -0.2) is 0 Å². The van der Waals surface area contributed by atoms with Gasteiger partial charge in [0, 0.05) is 14.7 Å². The van der Waals surface area contributed by atoms with E-state index in [9.17, 15) is 5.11 Å². The third-order valence-corrected chi connectivity index (χ3v) is 6.68. The molecule has 6 radical (unpaired) electrons. The lowest BCUT2D eigenvalue weighted by molar-refractivity contribution is 0.163. The second kappa shape index (κ2) is 5.12. The Morgan fingerprint density at radius 2 is 1.40 bits per heavy atom. The number of hydrogen-bond acceptors (Lipinski definition) is 1. The zero-order valence-corrected chi connectivity index (χ0v) is 13.7. The summed E-state index contributed by atoms with van der Waals surface area (Å²) in [5, 5.41) is 9.34. The van der Waals surface area contributed by atoms with Crippen molar-refractivity contribution in [2.45, 2.75) is 56.1 Å². The first-order chi connectivity index (χ1) is 6.47. The van der Waals surface area contributed by atoms with Crippen LogP contribution in [0, 0.1) is 0 Å². The van der Waals surface area contributed by atoms with Gasteiger partial charge < -0.3 is 5.11 Å². The van der Waals surface area contributed by atoms with Crippen LogP contribution in [-0.2, 0) is 0 Å². The topological polar surface area (TPSA) is 20.2 Å². The van der Waals surface area contributed by atoms with Crippen molar-refractivity contribution in [1.29, 1.82) is 0 Å². The summed E-state index contributed by atoms with van der Waals surface area (Å²) in [5.74, 6) is 0. The third-order valence-electron chi connectivity index (χ3n) is 1.71. The molecule has 0 heterocycles. The molecule has 0 aliphatic rings. The SMILES string of the molecule is C=C[Si]C(C)(C)[Si]C(C)(C)[Si]C(C)(C)O. The number of aliphatic hydroxyl groups is 1. The van der Waals surface area contributed by atoms with E-state index in [-0.39, 0.29) is 4.66 Å². The minimum Gasteiger partial charge on any atom is -0.395 e. The van der Waals surface area contributed by atoms with E-state index in [1.165, 1.54) is 0 Å². The molecule has 1 N–H and O–H groups in total. The summed E-state index contributed by atoms with van der Waals surface area (Å²) in [5.41, 5.74) is 2.02. The first-order valence-corrected chi connectivity index (χ1v) is 8.25. The minimum atomic E-state index is -0.538. The fraction of sp³-hybridized carbons (Fsp3) is 0.818. The molecule has 1 nitrogen and oxygen atoms in total. The van der Waals surface area contributed by atoms with E-state index in [1.807, 2.05) is 19.5 Å². The predicted octanol–water partition coefficient (Wildman–Crippen LogP) is 2.28. The lowest BCUT2D eigenvalue weighted by Crippen LogP contribution is -2.41. The van der Waals surface area contributed by atoms with E-state index in [0.29, 0.717) is 14.2 Å². The van der Waals surface area contributed by atoms with E-state index >= 15 is 0 Å². The summed E-state index contributed by atoms with van der Waals surface area (Å²) in [4.78, 5) is 0. The van der Waals surface area contributed by atoms with Crippen molar-refractivity contribution >= 4 is 28.6 Å². The predicted molar refractivity (Wildman–Crippen MR) is 71.8 cm³/mol. The second-order valence-electron chi connectivity index (χ2n) is 5.41. The summed E-state index contributed by atoms with van der Waals surface area (Å²) < 4.78 is 0.571. The van der Waals surface area contributed by atoms with Crippen LogP contribution in [-0.4, -0.2) is 38.9 Å². The average molecular weight is 255 g/mol. The van der Waals surface area contributed by atoms with Crippen molar-refractivity contribution in [2.75, 3.05) is 0 Å². The summed E-state index contributed by atoms with van der Waals surface area (Å²) in [6, 6.07) is 0. The molecule has 0 rings (SSSR count). The first kappa shape index (κ1) is 15.4. The van der Waals surface area contributed by atoms with Gasteiger partial charge in [0.05, 0.1) is 19.0 Å². The van der Waals surface area contributed by atoms with Gasteiger partial charge >= 0.3 is 0 Å². The van der Waals surface area contributed by atoms with Gasteiger partial charge in [-0.2, -0.15) is 0 Å². The molecule has 0 aromatic carbocycles. The van der Waals surface area contributed by atoms with Crippen LogP contribution in [0.25, 0.3) is 0 Å². The Labute approximate surface area is 102 Å². The highest BCUT2D eigenvalue weighted by Gasteiger charge is 2.34. The molecule has 0 fully saturated rings. The molecule has 4 heteroatoms. The van der Waals surface area contributed by atoms with Crippen LogP contribution in [0.3, 0.4) is 0 Å². The van der Waals surface area contributed by atoms with Gasteiger partial charge in [-0.1, -0.05) is 27.7 Å². The smallest absolute Gasteiger partial charge is 0.0840 e. The van der Waals surface area contributed by atoms with Crippen LogP contribution in [0.15, 0.2) is 12.3 Å². The van der Waals surface area contributed by atoms with Crippen molar-refractivity contribution in [1.82, 2.24) is 0 Å². The van der Waals surface area contributed by atoms with Crippen molar-refractivity contribution in [3.8, 4) is 0 Å². The highest BCUT2D eigenvalue weighted by atomic mass is 28.3. The Morgan fingerprint density at radius 3 is 1.73 bits per heavy atom. The molecule has 0 saturated carbocycles. The minimum absolute atomic E-state index is 0.234. The van der Waals surface area contributed by atoms with Gasteiger partial charge in [-0.05, 0) is 23.2 Å². The number of hydrogen-bond donors (Lipinski definition) is 1. The molecule has 84 valence electrons. The average Bonchev–Trinajstić information content (AvgIpc) is 1.74. The largest absolute Gasteiger partial charge is 0.395 e. The molecule has 0 unspecified atom stereocenters. The zero-order chi connectivity index (χ0) is 12.3. The van der Waals surface area contributed by atoms with Gasteiger partial charge in [0.1, 0.15) is 0 Å². The zero-order valence-electron chi connectivity index (χ0n) is 10.7. The molecule has 0 amide bonds. The molecule has 0 bridgehead atoms. The van der Waals surface area contributed by atoms with Crippen LogP contribution >= 0.6 is 0 Å². The van der Waals surface area contributed by atoms with E-state index in [1.54, 1.807) is 0 Å². The van der Waals surface area contributed by atoms with E-state index in [4.69, 9.17) is 0 Å². The van der Waals surface area contributed by atoms with Gasteiger partial charge in [0.2, 0.25) is 0 Å². The highest BCUT2D eigenvalue weighted by molar-refractivity contribution is 6.73. The van der Waals surface area contributed by atoms with Crippen LogP contribution in [0.4, 0.5) is 0 Å². The molecule has 0 saturated heterocycles. The maximum atomic E-state index is 9.88. The second-order valence-corrected chi connectivity index (χ2v) is 13.8. The quantitative estimate of drug-likeness (QED) is 0.721. The Bertz CT molecular complexity index is 216. The summed E-state index contributed by atoms with van der Waals surface area (Å²) in [7, 11) is 2.24. The molecular weight excluding hydrogens is 232 g/mol. The summed E-state index contributed by atoms with van der Waals surface area (Å²) in [6.45, 7) is 16.7. The fourth-order valence-corrected chi connectivity index (χ4v) is 9.48. The van der Waals surface area contributed by atoms with Gasteiger partial charge in [-0.3, -0.25) is 0 Å². The van der Waals surface area contributed by atoms with Crippen molar-refractivity contribution in [3.63, 3.8) is 0 Å². The maximum Gasteiger partial charge on any atom is 0.0840 e. The van der Waals surface area contributed by atoms with E-state index < -0.39 is 5.22 Å². The van der Waals surface area contributed by atoms with Gasteiger partial charge in [-0.15, -0.1) is 12.3 Å². The van der Waals surface area contributed by atoms with Crippen LogP contribution in [0.5, 0.6) is 0 Å². The monoisotopic (exact) mass is 254 g/mol. The van der Waals surface area contributed by atoms with Crippen molar-refractivity contribution in [3.05, 3.63) is 12.3 Å². The molecule has 0 aliphatic carbocycles. The molecule has 0 aromatic heterocycles. The van der Waals surface area contributed by atoms with Gasteiger partial charge in [0.25, 0.3) is 0 Å². The highest BCUT2D eigenvalue weighted by Crippen LogP contribution is 2.35. The summed E-state index contributed by atoms with van der Waals surface area (Å²) in [6.07, 6.45) is 0. The van der Waals surface area contributed by atoms with Crippen LogP contribution in [0.2, 0.25) is 9.32 Å². The maximum absolute atomic E-state index is 9.88. The molecule has 0 aliphatic heterocycles. The Balaban J connectivity index is 4.42. The molecule has 0 spiro atoms.